The molecular weight excluding hydrogens is 328 g/mol. The maximum Gasteiger partial charge on any atom is 0.277 e. The van der Waals surface area contributed by atoms with Crippen molar-refractivity contribution in [3.8, 4) is 5.75 Å². The molecule has 0 atom stereocenters. The van der Waals surface area contributed by atoms with Crippen LogP contribution in [0.4, 0.5) is 0 Å². The summed E-state index contributed by atoms with van der Waals surface area (Å²) in [7, 11) is 0. The molecule has 1 saturated heterocycles. The molecule has 0 bridgehead atoms. The van der Waals surface area contributed by atoms with E-state index in [0.29, 0.717) is 30.3 Å². The van der Waals surface area contributed by atoms with Gasteiger partial charge in [0.2, 0.25) is 0 Å². The maximum absolute atomic E-state index is 13.0. The molecule has 0 saturated carbocycles. The third kappa shape index (κ3) is 3.62. The van der Waals surface area contributed by atoms with Crippen molar-refractivity contribution in [2.45, 2.75) is 40.0 Å². The Morgan fingerprint density at radius 2 is 1.69 bits per heavy atom. The Hall–Kier alpha value is -2.30. The molecule has 1 aromatic rings. The van der Waals surface area contributed by atoms with E-state index in [1.54, 1.807) is 0 Å². The standard InChI is InChI=1S/C21H28N2O3/c1-4-11-23-20(24)18(19(21(23)25)22-12-5-6-13-22)16-7-9-17(10-8-16)26-14-15(2)3/h7-10,15H,4-6,11-14H2,1-3H3. The van der Waals surface area contributed by atoms with Crippen molar-refractivity contribution < 1.29 is 14.3 Å². The van der Waals surface area contributed by atoms with Crippen LogP contribution in [0.25, 0.3) is 5.57 Å². The van der Waals surface area contributed by atoms with E-state index in [-0.39, 0.29) is 11.8 Å². The number of ether oxygens (including phenoxy) is 1. The number of carbonyl (C=O) groups is 2. The summed E-state index contributed by atoms with van der Waals surface area (Å²) >= 11 is 0. The van der Waals surface area contributed by atoms with Crippen molar-refractivity contribution >= 4 is 17.4 Å². The van der Waals surface area contributed by atoms with Crippen molar-refractivity contribution in [1.82, 2.24) is 9.80 Å². The van der Waals surface area contributed by atoms with Gasteiger partial charge in [-0.05, 0) is 42.9 Å². The van der Waals surface area contributed by atoms with Crippen LogP contribution < -0.4 is 4.74 Å². The third-order valence-electron chi connectivity index (χ3n) is 4.74. The molecule has 140 valence electrons. The molecule has 0 unspecified atom stereocenters. The Kier molecular flexibility index (Phi) is 5.64. The van der Waals surface area contributed by atoms with Crippen LogP contribution in [0.15, 0.2) is 30.0 Å². The number of carbonyl (C=O) groups excluding carboxylic acids is 2. The first-order valence-electron chi connectivity index (χ1n) is 9.61. The number of hydrogen-bond acceptors (Lipinski definition) is 4. The molecule has 3 rings (SSSR count). The number of amides is 2. The number of nitrogens with zero attached hydrogens (tertiary/aromatic N) is 2. The van der Waals surface area contributed by atoms with Crippen molar-refractivity contribution in [2.24, 2.45) is 5.92 Å². The van der Waals surface area contributed by atoms with E-state index in [9.17, 15) is 9.59 Å². The highest BCUT2D eigenvalue weighted by molar-refractivity contribution is 6.35. The van der Waals surface area contributed by atoms with Crippen molar-refractivity contribution in [3.63, 3.8) is 0 Å². The SMILES string of the molecule is CCCN1C(=O)C(c2ccc(OCC(C)C)cc2)=C(N2CCCC2)C1=O. The number of likely N-dealkylation sites (tertiary alicyclic amines) is 1. The van der Waals surface area contributed by atoms with Crippen LogP contribution in [0.2, 0.25) is 0 Å². The zero-order valence-electron chi connectivity index (χ0n) is 16.0. The van der Waals surface area contributed by atoms with Gasteiger partial charge in [0.15, 0.2) is 0 Å². The first-order valence-corrected chi connectivity index (χ1v) is 9.61. The van der Waals surface area contributed by atoms with Crippen LogP contribution in [-0.2, 0) is 9.59 Å². The minimum absolute atomic E-state index is 0.145. The molecule has 0 aromatic heterocycles. The zero-order chi connectivity index (χ0) is 18.7. The van der Waals surface area contributed by atoms with Gasteiger partial charge in [-0.1, -0.05) is 32.9 Å². The number of benzene rings is 1. The van der Waals surface area contributed by atoms with Gasteiger partial charge in [0.05, 0.1) is 12.2 Å². The number of hydrogen-bond donors (Lipinski definition) is 0. The summed E-state index contributed by atoms with van der Waals surface area (Å²) in [6.07, 6.45) is 2.89. The topological polar surface area (TPSA) is 49.9 Å². The molecule has 1 aromatic carbocycles. The van der Waals surface area contributed by atoms with Crippen LogP contribution in [-0.4, -0.2) is 47.9 Å². The van der Waals surface area contributed by atoms with Gasteiger partial charge in [0.25, 0.3) is 11.8 Å². The Balaban J connectivity index is 1.92. The van der Waals surface area contributed by atoms with Crippen molar-refractivity contribution in [2.75, 3.05) is 26.2 Å². The predicted octanol–water partition coefficient (Wildman–Crippen LogP) is 3.31. The second kappa shape index (κ2) is 7.94. The fourth-order valence-electron chi connectivity index (χ4n) is 3.46. The van der Waals surface area contributed by atoms with Gasteiger partial charge in [-0.15, -0.1) is 0 Å². The molecular formula is C21H28N2O3. The molecule has 0 spiro atoms. The van der Waals surface area contributed by atoms with Crippen LogP contribution in [0, 0.1) is 5.92 Å². The largest absolute Gasteiger partial charge is 0.493 e. The Morgan fingerprint density at radius 1 is 1.04 bits per heavy atom. The van der Waals surface area contributed by atoms with E-state index in [1.165, 1.54) is 4.90 Å². The summed E-state index contributed by atoms with van der Waals surface area (Å²) in [5.41, 5.74) is 1.92. The van der Waals surface area contributed by atoms with Crippen molar-refractivity contribution in [1.29, 1.82) is 0 Å². The zero-order valence-corrected chi connectivity index (χ0v) is 16.0. The van der Waals surface area contributed by atoms with Gasteiger partial charge >= 0.3 is 0 Å². The highest BCUT2D eigenvalue weighted by Crippen LogP contribution is 2.34. The molecule has 5 nitrogen and oxygen atoms in total. The third-order valence-corrected chi connectivity index (χ3v) is 4.74. The lowest BCUT2D eigenvalue weighted by Gasteiger charge is -2.20. The molecule has 26 heavy (non-hydrogen) atoms. The monoisotopic (exact) mass is 356 g/mol. The van der Waals surface area contributed by atoms with Crippen LogP contribution >= 0.6 is 0 Å². The highest BCUT2D eigenvalue weighted by atomic mass is 16.5. The molecule has 1 fully saturated rings. The Morgan fingerprint density at radius 3 is 2.27 bits per heavy atom. The summed E-state index contributed by atoms with van der Waals surface area (Å²) in [6, 6.07) is 7.54. The summed E-state index contributed by atoms with van der Waals surface area (Å²) in [5.74, 6) is 0.923. The lowest BCUT2D eigenvalue weighted by molar-refractivity contribution is -0.137. The summed E-state index contributed by atoms with van der Waals surface area (Å²) in [4.78, 5) is 29.3. The molecule has 0 N–H and O–H groups in total. The Bertz CT molecular complexity index is 700. The van der Waals surface area contributed by atoms with Crippen LogP contribution in [0.5, 0.6) is 5.75 Å². The van der Waals surface area contributed by atoms with Gasteiger partial charge < -0.3 is 9.64 Å². The lowest BCUT2D eigenvalue weighted by atomic mass is 10.0. The van der Waals surface area contributed by atoms with Gasteiger partial charge in [-0.2, -0.15) is 0 Å². The number of imide groups is 1. The highest BCUT2D eigenvalue weighted by Gasteiger charge is 2.41. The molecule has 5 heteroatoms. The van der Waals surface area contributed by atoms with Gasteiger partial charge in [0.1, 0.15) is 11.4 Å². The minimum Gasteiger partial charge on any atom is -0.493 e. The minimum atomic E-state index is -0.172. The molecule has 0 aliphatic carbocycles. The van der Waals surface area contributed by atoms with Crippen LogP contribution in [0.1, 0.15) is 45.6 Å². The molecule has 2 heterocycles. The van der Waals surface area contributed by atoms with E-state index in [1.807, 2.05) is 31.2 Å². The van der Waals surface area contributed by atoms with E-state index in [2.05, 4.69) is 18.7 Å². The summed E-state index contributed by atoms with van der Waals surface area (Å²) < 4.78 is 5.73. The average molecular weight is 356 g/mol. The second-order valence-corrected chi connectivity index (χ2v) is 7.41. The number of rotatable bonds is 7. The van der Waals surface area contributed by atoms with E-state index in [0.717, 1.165) is 43.7 Å². The summed E-state index contributed by atoms with van der Waals surface area (Å²) in [5, 5.41) is 0. The Labute approximate surface area is 155 Å². The molecule has 2 aliphatic heterocycles. The normalized spacial score (nSPS) is 17.8. The first kappa shape index (κ1) is 18.5. The predicted molar refractivity (Wildman–Crippen MR) is 102 cm³/mol. The fourth-order valence-corrected chi connectivity index (χ4v) is 3.46. The van der Waals surface area contributed by atoms with Crippen molar-refractivity contribution in [3.05, 3.63) is 35.5 Å². The van der Waals surface area contributed by atoms with Gasteiger partial charge in [-0.3, -0.25) is 14.5 Å². The second-order valence-electron chi connectivity index (χ2n) is 7.41. The first-order chi connectivity index (χ1) is 12.5. The van der Waals surface area contributed by atoms with E-state index < -0.39 is 0 Å². The average Bonchev–Trinajstić information content (AvgIpc) is 3.23. The van der Waals surface area contributed by atoms with Crippen LogP contribution in [0.3, 0.4) is 0 Å². The lowest BCUT2D eigenvalue weighted by Crippen LogP contribution is -2.35. The van der Waals surface area contributed by atoms with Gasteiger partial charge in [-0.25, -0.2) is 0 Å². The fraction of sp³-hybridized carbons (Fsp3) is 0.524. The smallest absolute Gasteiger partial charge is 0.277 e. The van der Waals surface area contributed by atoms with E-state index in [4.69, 9.17) is 4.74 Å². The van der Waals surface area contributed by atoms with E-state index >= 15 is 0 Å². The quantitative estimate of drug-likeness (QED) is 0.704. The van der Waals surface area contributed by atoms with Gasteiger partial charge in [0, 0.05) is 19.6 Å². The molecule has 2 aliphatic rings. The summed E-state index contributed by atoms with van der Waals surface area (Å²) in [6.45, 7) is 8.99. The maximum atomic E-state index is 13.0. The molecule has 2 amide bonds. The molecule has 0 radical (unpaired) electrons.